The molecule has 1 fully saturated rings. The summed E-state index contributed by atoms with van der Waals surface area (Å²) >= 11 is 3.48. The second-order valence-electron chi connectivity index (χ2n) is 5.44. The second kappa shape index (κ2) is 5.90. The zero-order valence-electron chi connectivity index (χ0n) is 10.7. The normalized spacial score (nSPS) is 29.0. The van der Waals surface area contributed by atoms with Crippen molar-refractivity contribution in [2.75, 3.05) is 0 Å². The number of rotatable bonds is 3. The Hall–Kier alpha value is -0.500. The molecule has 17 heavy (non-hydrogen) atoms. The van der Waals surface area contributed by atoms with Gasteiger partial charge < -0.3 is 4.74 Å². The quantitative estimate of drug-likeness (QED) is 0.729. The van der Waals surface area contributed by atoms with Crippen LogP contribution in [0, 0.1) is 11.8 Å². The van der Waals surface area contributed by atoms with Gasteiger partial charge in [-0.3, -0.25) is 0 Å². The molecule has 1 saturated carbocycles. The second-order valence-corrected chi connectivity index (χ2v) is 6.00. The highest BCUT2D eigenvalue weighted by molar-refractivity contribution is 9.08. The molecule has 1 aliphatic carbocycles. The number of halogens is 1. The first-order valence-electron chi connectivity index (χ1n) is 6.49. The summed E-state index contributed by atoms with van der Waals surface area (Å²) in [5, 5.41) is 0.891. The molecule has 1 aliphatic rings. The van der Waals surface area contributed by atoms with E-state index in [9.17, 15) is 0 Å². The Morgan fingerprint density at radius 1 is 1.18 bits per heavy atom. The van der Waals surface area contributed by atoms with Crippen LogP contribution in [0.2, 0.25) is 0 Å². The van der Waals surface area contributed by atoms with Crippen LogP contribution in [0.4, 0.5) is 0 Å². The molecule has 0 spiro atoms. The summed E-state index contributed by atoms with van der Waals surface area (Å²) in [6, 6.07) is 8.39. The van der Waals surface area contributed by atoms with Crippen molar-refractivity contribution in [3.63, 3.8) is 0 Å². The average molecular weight is 297 g/mol. The molecular weight excluding hydrogens is 276 g/mol. The van der Waals surface area contributed by atoms with Gasteiger partial charge in [-0.1, -0.05) is 41.9 Å². The van der Waals surface area contributed by atoms with Crippen LogP contribution in [-0.4, -0.2) is 6.10 Å². The van der Waals surface area contributed by atoms with E-state index in [1.165, 1.54) is 24.8 Å². The fourth-order valence-electron chi connectivity index (χ4n) is 2.86. The van der Waals surface area contributed by atoms with Crippen LogP contribution in [0.15, 0.2) is 24.3 Å². The Morgan fingerprint density at radius 3 is 2.53 bits per heavy atom. The third-order valence-electron chi connectivity index (χ3n) is 3.49. The molecule has 94 valence electrons. The molecule has 0 aliphatic heterocycles. The lowest BCUT2D eigenvalue weighted by atomic mass is 9.82. The van der Waals surface area contributed by atoms with E-state index >= 15 is 0 Å². The molecule has 2 unspecified atom stereocenters. The van der Waals surface area contributed by atoms with Crippen molar-refractivity contribution in [2.24, 2.45) is 11.8 Å². The predicted molar refractivity (Wildman–Crippen MR) is 75.7 cm³/mol. The van der Waals surface area contributed by atoms with Gasteiger partial charge in [-0.25, -0.2) is 0 Å². The lowest BCUT2D eigenvalue weighted by molar-refractivity contribution is 0.101. The van der Waals surface area contributed by atoms with Crippen molar-refractivity contribution in [3.8, 4) is 5.75 Å². The van der Waals surface area contributed by atoms with Crippen LogP contribution >= 0.6 is 15.9 Å². The maximum Gasteiger partial charge on any atom is 0.120 e. The van der Waals surface area contributed by atoms with Crippen LogP contribution in [0.25, 0.3) is 0 Å². The minimum atomic E-state index is 0.402. The smallest absolute Gasteiger partial charge is 0.120 e. The van der Waals surface area contributed by atoms with Crippen LogP contribution in [-0.2, 0) is 5.33 Å². The molecule has 2 rings (SSSR count). The summed E-state index contributed by atoms with van der Waals surface area (Å²) in [6.07, 6.45) is 4.15. The summed E-state index contributed by atoms with van der Waals surface area (Å²) in [4.78, 5) is 0. The largest absolute Gasteiger partial charge is 0.490 e. The van der Waals surface area contributed by atoms with E-state index in [0.717, 1.165) is 22.9 Å². The Labute approximate surface area is 113 Å². The lowest BCUT2D eigenvalue weighted by Gasteiger charge is -2.31. The van der Waals surface area contributed by atoms with Crippen molar-refractivity contribution in [3.05, 3.63) is 29.8 Å². The molecule has 1 aromatic carbocycles. The van der Waals surface area contributed by atoms with Crippen molar-refractivity contribution in [2.45, 2.75) is 44.5 Å². The minimum absolute atomic E-state index is 0.402. The third-order valence-corrected chi connectivity index (χ3v) is 4.14. The third kappa shape index (κ3) is 3.74. The van der Waals surface area contributed by atoms with Gasteiger partial charge in [-0.2, -0.15) is 0 Å². The van der Waals surface area contributed by atoms with Crippen LogP contribution in [0.3, 0.4) is 0 Å². The topological polar surface area (TPSA) is 9.23 Å². The fourth-order valence-corrected chi connectivity index (χ4v) is 3.21. The minimum Gasteiger partial charge on any atom is -0.490 e. The van der Waals surface area contributed by atoms with E-state index in [4.69, 9.17) is 4.74 Å². The monoisotopic (exact) mass is 296 g/mol. The summed E-state index contributed by atoms with van der Waals surface area (Å²) in [5.74, 6) is 2.61. The Balaban J connectivity index is 1.99. The number of benzene rings is 1. The molecule has 1 nitrogen and oxygen atoms in total. The molecule has 0 saturated heterocycles. The van der Waals surface area contributed by atoms with E-state index < -0.39 is 0 Å². The molecule has 0 bridgehead atoms. The number of alkyl halides is 1. The van der Waals surface area contributed by atoms with Crippen LogP contribution in [0.1, 0.15) is 38.7 Å². The van der Waals surface area contributed by atoms with Crippen molar-refractivity contribution >= 4 is 15.9 Å². The maximum atomic E-state index is 6.12. The molecule has 0 radical (unpaired) electrons. The summed E-state index contributed by atoms with van der Waals surface area (Å²) < 4.78 is 6.12. The first-order valence-corrected chi connectivity index (χ1v) is 7.61. The Kier molecular flexibility index (Phi) is 4.49. The van der Waals surface area contributed by atoms with Gasteiger partial charge in [0.05, 0.1) is 6.10 Å². The Morgan fingerprint density at radius 2 is 1.88 bits per heavy atom. The van der Waals surface area contributed by atoms with Gasteiger partial charge in [0.25, 0.3) is 0 Å². The van der Waals surface area contributed by atoms with Gasteiger partial charge in [-0.05, 0) is 48.8 Å². The first kappa shape index (κ1) is 12.9. The lowest BCUT2D eigenvalue weighted by Crippen LogP contribution is -2.28. The molecule has 0 N–H and O–H groups in total. The van der Waals surface area contributed by atoms with E-state index in [1.54, 1.807) is 0 Å². The number of hydrogen-bond acceptors (Lipinski definition) is 1. The molecule has 0 heterocycles. The highest BCUT2D eigenvalue weighted by Gasteiger charge is 2.25. The fraction of sp³-hybridized carbons (Fsp3) is 0.600. The standard InChI is InChI=1S/C15H21BrO/c1-11-6-12(2)8-15(7-11)17-14-5-3-4-13(9-14)10-16/h3-5,9,11-12,15H,6-8,10H2,1-2H3. The van der Waals surface area contributed by atoms with Gasteiger partial charge >= 0.3 is 0 Å². The Bertz CT molecular complexity index is 354. The van der Waals surface area contributed by atoms with E-state index in [0.29, 0.717) is 6.10 Å². The van der Waals surface area contributed by atoms with E-state index in [1.807, 2.05) is 0 Å². The zero-order valence-corrected chi connectivity index (χ0v) is 12.2. The van der Waals surface area contributed by atoms with Crippen molar-refractivity contribution in [1.29, 1.82) is 0 Å². The number of hydrogen-bond donors (Lipinski definition) is 0. The molecule has 1 aromatic rings. The van der Waals surface area contributed by atoms with Crippen molar-refractivity contribution < 1.29 is 4.74 Å². The SMILES string of the molecule is CC1CC(C)CC(Oc2cccc(CBr)c2)C1. The highest BCUT2D eigenvalue weighted by atomic mass is 79.9. The average Bonchev–Trinajstić information content (AvgIpc) is 2.28. The molecule has 2 atom stereocenters. The summed E-state index contributed by atoms with van der Waals surface area (Å²) in [6.45, 7) is 4.67. The van der Waals surface area contributed by atoms with Gasteiger partial charge in [0.2, 0.25) is 0 Å². The van der Waals surface area contributed by atoms with Crippen molar-refractivity contribution in [1.82, 2.24) is 0 Å². The molecular formula is C15H21BrO. The van der Waals surface area contributed by atoms with Gasteiger partial charge in [-0.15, -0.1) is 0 Å². The highest BCUT2D eigenvalue weighted by Crippen LogP contribution is 2.31. The first-order chi connectivity index (χ1) is 8.17. The zero-order chi connectivity index (χ0) is 12.3. The predicted octanol–water partition coefficient (Wildman–Crippen LogP) is 4.79. The summed E-state index contributed by atoms with van der Waals surface area (Å²) in [7, 11) is 0. The van der Waals surface area contributed by atoms with Gasteiger partial charge in [0, 0.05) is 5.33 Å². The van der Waals surface area contributed by atoms with Gasteiger partial charge in [0.15, 0.2) is 0 Å². The molecule has 0 aromatic heterocycles. The summed E-state index contributed by atoms with van der Waals surface area (Å²) in [5.41, 5.74) is 1.28. The maximum absolute atomic E-state index is 6.12. The van der Waals surface area contributed by atoms with Crippen LogP contribution in [0.5, 0.6) is 5.75 Å². The van der Waals surface area contributed by atoms with Crippen LogP contribution < -0.4 is 4.74 Å². The molecule has 0 amide bonds. The van der Waals surface area contributed by atoms with E-state index in [-0.39, 0.29) is 0 Å². The van der Waals surface area contributed by atoms with E-state index in [2.05, 4.69) is 54.0 Å². The molecule has 2 heteroatoms. The van der Waals surface area contributed by atoms with Gasteiger partial charge in [0.1, 0.15) is 5.75 Å². The number of ether oxygens (including phenoxy) is 1.